The monoisotopic (exact) mass is 442 g/mol. The maximum Gasteiger partial charge on any atom is 0.429 e. The third-order valence-corrected chi connectivity index (χ3v) is 4.84. The molecule has 0 aliphatic rings. The predicted octanol–water partition coefficient (Wildman–Crippen LogP) is 5.04. The lowest BCUT2D eigenvalue weighted by Gasteiger charge is -2.22. The van der Waals surface area contributed by atoms with Gasteiger partial charge in [0.25, 0.3) is 0 Å². The maximum absolute atomic E-state index is 13.9. The number of hydrogen-bond acceptors (Lipinski definition) is 6. The molecule has 4 rings (SSSR count). The van der Waals surface area contributed by atoms with Gasteiger partial charge in [0.15, 0.2) is 0 Å². The minimum absolute atomic E-state index is 0.0103. The van der Waals surface area contributed by atoms with Crippen LogP contribution in [0.25, 0.3) is 22.2 Å². The van der Waals surface area contributed by atoms with E-state index in [1.54, 1.807) is 18.2 Å². The van der Waals surface area contributed by atoms with E-state index < -0.39 is 12.3 Å². The molecular weight excluding hydrogens is 421 g/mol. The van der Waals surface area contributed by atoms with Gasteiger partial charge in [-0.05, 0) is 37.1 Å². The van der Waals surface area contributed by atoms with Gasteiger partial charge in [-0.2, -0.15) is 18.2 Å². The van der Waals surface area contributed by atoms with Crippen LogP contribution in [0.2, 0.25) is 0 Å². The Morgan fingerprint density at radius 2 is 1.78 bits per heavy atom. The van der Waals surface area contributed by atoms with Crippen LogP contribution in [-0.2, 0) is 6.42 Å². The molecule has 166 valence electrons. The third-order valence-electron chi connectivity index (χ3n) is 4.84. The second-order valence-corrected chi connectivity index (χ2v) is 7.59. The Morgan fingerprint density at radius 1 is 1.03 bits per heavy atom. The number of hydrogen-bond donors (Lipinski definition) is 2. The van der Waals surface area contributed by atoms with Crippen molar-refractivity contribution in [3.05, 3.63) is 72.0 Å². The highest BCUT2D eigenvalue weighted by atomic mass is 19.4. The van der Waals surface area contributed by atoms with E-state index in [0.717, 1.165) is 5.56 Å². The molecule has 0 saturated carbocycles. The molecule has 0 spiro atoms. The fraction of sp³-hybridized carbons (Fsp3) is 0.217. The van der Waals surface area contributed by atoms with Crippen molar-refractivity contribution in [1.82, 2.24) is 9.97 Å². The molecule has 0 amide bonds. The summed E-state index contributed by atoms with van der Waals surface area (Å²) in [6.07, 6.45) is -4.81. The van der Waals surface area contributed by atoms with Crippen LogP contribution < -0.4 is 16.2 Å². The molecule has 6 nitrogen and oxygen atoms in total. The maximum atomic E-state index is 13.9. The van der Waals surface area contributed by atoms with Crippen LogP contribution in [0, 0.1) is 0 Å². The number of benzene rings is 2. The molecule has 4 aromatic rings. The van der Waals surface area contributed by atoms with Crippen molar-refractivity contribution < 1.29 is 22.3 Å². The summed E-state index contributed by atoms with van der Waals surface area (Å²) in [6, 6.07) is 14.5. The summed E-state index contributed by atoms with van der Waals surface area (Å²) >= 11 is 0. The van der Waals surface area contributed by atoms with Gasteiger partial charge in [0.05, 0.1) is 12.0 Å². The smallest absolute Gasteiger partial charge is 0.429 e. The molecular formula is C23H21F3N4O2. The minimum Gasteiger partial charge on any atom is -0.464 e. The largest absolute Gasteiger partial charge is 0.464 e. The summed E-state index contributed by atoms with van der Waals surface area (Å²) in [6.45, 7) is 1.91. The fourth-order valence-electron chi connectivity index (χ4n) is 3.43. The molecule has 2 atom stereocenters. The number of nitrogens with two attached hydrogens (primary N) is 2. The van der Waals surface area contributed by atoms with Crippen LogP contribution in [0.5, 0.6) is 5.88 Å². The van der Waals surface area contributed by atoms with Crippen molar-refractivity contribution in [3.63, 3.8) is 0 Å². The second-order valence-electron chi connectivity index (χ2n) is 7.59. The molecule has 1 unspecified atom stereocenters. The van der Waals surface area contributed by atoms with Gasteiger partial charge in [-0.25, -0.2) is 4.98 Å². The van der Waals surface area contributed by atoms with E-state index in [2.05, 4.69) is 9.97 Å². The summed E-state index contributed by atoms with van der Waals surface area (Å²) < 4.78 is 52.1. The van der Waals surface area contributed by atoms with E-state index in [9.17, 15) is 13.2 Å². The topological polar surface area (TPSA) is 100 Å². The predicted molar refractivity (Wildman–Crippen MR) is 115 cm³/mol. The highest BCUT2D eigenvalue weighted by Crippen LogP contribution is 2.38. The lowest BCUT2D eigenvalue weighted by atomic mass is 10.0. The van der Waals surface area contributed by atoms with Gasteiger partial charge in [0.2, 0.25) is 17.9 Å². The highest BCUT2D eigenvalue weighted by molar-refractivity contribution is 5.77. The number of rotatable bonds is 6. The molecule has 4 N–H and O–H groups in total. The number of ether oxygens (including phenoxy) is 1. The van der Waals surface area contributed by atoms with E-state index in [4.69, 9.17) is 20.6 Å². The van der Waals surface area contributed by atoms with Gasteiger partial charge in [0, 0.05) is 28.6 Å². The molecule has 32 heavy (non-hydrogen) atoms. The second kappa shape index (κ2) is 8.51. The average Bonchev–Trinajstić information content (AvgIpc) is 3.19. The SMILES string of the molecule is C[C@H](N)Cc1ccc(-c2cc(OC(c3ccc4occc4c3)C(F)(F)F)nc(N)n2)cc1. The van der Waals surface area contributed by atoms with Crippen molar-refractivity contribution in [1.29, 1.82) is 0 Å². The number of aromatic nitrogens is 2. The quantitative estimate of drug-likeness (QED) is 0.434. The molecule has 0 fully saturated rings. The Balaban J connectivity index is 1.65. The molecule has 0 bridgehead atoms. The number of anilines is 1. The Labute approximate surface area is 182 Å². The van der Waals surface area contributed by atoms with E-state index in [0.29, 0.717) is 28.6 Å². The fourth-order valence-corrected chi connectivity index (χ4v) is 3.43. The number of furan rings is 1. The van der Waals surface area contributed by atoms with Crippen molar-refractivity contribution in [2.24, 2.45) is 5.73 Å². The standard InChI is InChI=1S/C23H21F3N4O2/c1-13(27)10-14-2-4-15(5-3-14)18-12-20(30-22(28)29-18)32-21(23(24,25)26)17-6-7-19-16(11-17)8-9-31-19/h2-9,11-13,21H,10,27H2,1H3,(H2,28,29,30)/t13-,21?/m0/s1. The summed E-state index contributed by atoms with van der Waals surface area (Å²) in [5.74, 6) is -0.467. The van der Waals surface area contributed by atoms with Crippen LogP contribution >= 0.6 is 0 Å². The van der Waals surface area contributed by atoms with Crippen molar-refractivity contribution in [3.8, 4) is 17.1 Å². The number of nitrogens with zero attached hydrogens (tertiary/aromatic N) is 2. The molecule has 2 aromatic carbocycles. The first-order valence-electron chi connectivity index (χ1n) is 9.89. The lowest BCUT2D eigenvalue weighted by Crippen LogP contribution is -2.26. The zero-order valence-electron chi connectivity index (χ0n) is 17.1. The van der Waals surface area contributed by atoms with Crippen LogP contribution in [0.15, 0.2) is 65.3 Å². The van der Waals surface area contributed by atoms with Crippen LogP contribution in [0.1, 0.15) is 24.2 Å². The molecule has 2 heterocycles. The number of nitrogen functional groups attached to an aromatic ring is 1. The first kappa shape index (κ1) is 21.6. The van der Waals surface area contributed by atoms with Gasteiger partial charge in [-0.3, -0.25) is 0 Å². The van der Waals surface area contributed by atoms with Gasteiger partial charge in [-0.1, -0.05) is 30.3 Å². The first-order valence-corrected chi connectivity index (χ1v) is 9.89. The molecule has 2 aromatic heterocycles. The van der Waals surface area contributed by atoms with Gasteiger partial charge >= 0.3 is 6.18 Å². The van der Waals surface area contributed by atoms with Crippen molar-refractivity contribution >= 4 is 16.9 Å². The normalized spacial score (nSPS) is 13.8. The number of alkyl halides is 3. The number of fused-ring (bicyclic) bond motifs is 1. The molecule has 0 aliphatic heterocycles. The van der Waals surface area contributed by atoms with Crippen LogP contribution in [-0.4, -0.2) is 22.2 Å². The van der Waals surface area contributed by atoms with E-state index >= 15 is 0 Å². The first-order chi connectivity index (χ1) is 15.2. The minimum atomic E-state index is -4.68. The zero-order chi connectivity index (χ0) is 22.9. The van der Waals surface area contributed by atoms with Gasteiger partial charge in [0.1, 0.15) is 5.58 Å². The van der Waals surface area contributed by atoms with Crippen LogP contribution in [0.4, 0.5) is 19.1 Å². The van der Waals surface area contributed by atoms with E-state index in [-0.39, 0.29) is 23.4 Å². The average molecular weight is 442 g/mol. The third kappa shape index (κ3) is 4.83. The summed E-state index contributed by atoms with van der Waals surface area (Å²) in [4.78, 5) is 8.00. The molecule has 0 radical (unpaired) electrons. The molecule has 9 heteroatoms. The van der Waals surface area contributed by atoms with Gasteiger partial charge < -0.3 is 20.6 Å². The Hall–Kier alpha value is -3.59. The van der Waals surface area contributed by atoms with Crippen molar-refractivity contribution in [2.75, 3.05) is 5.73 Å². The lowest BCUT2D eigenvalue weighted by molar-refractivity contribution is -0.198. The summed E-state index contributed by atoms with van der Waals surface area (Å²) in [7, 11) is 0. The molecule has 0 saturated heterocycles. The summed E-state index contributed by atoms with van der Waals surface area (Å²) in [5.41, 5.74) is 14.0. The Morgan fingerprint density at radius 3 is 2.47 bits per heavy atom. The zero-order valence-corrected chi connectivity index (χ0v) is 17.1. The number of halogens is 3. The Bertz CT molecular complexity index is 1220. The van der Waals surface area contributed by atoms with E-state index in [1.165, 1.54) is 30.5 Å². The van der Waals surface area contributed by atoms with Crippen LogP contribution in [0.3, 0.4) is 0 Å². The Kier molecular flexibility index (Phi) is 5.75. The summed E-state index contributed by atoms with van der Waals surface area (Å²) in [5, 5.41) is 0.537. The van der Waals surface area contributed by atoms with E-state index in [1.807, 2.05) is 19.1 Å². The highest BCUT2D eigenvalue weighted by Gasteiger charge is 2.43. The van der Waals surface area contributed by atoms with Gasteiger partial charge in [-0.15, -0.1) is 0 Å². The van der Waals surface area contributed by atoms with Crippen molar-refractivity contribution in [2.45, 2.75) is 31.7 Å². The molecule has 0 aliphatic carbocycles.